The van der Waals surface area contributed by atoms with Gasteiger partial charge in [0.2, 0.25) is 0 Å². The Morgan fingerprint density at radius 3 is 2.89 bits per heavy atom. The molecule has 0 fully saturated rings. The van der Waals surface area contributed by atoms with Crippen LogP contribution >= 0.6 is 0 Å². The number of rotatable bonds is 0. The maximum atomic E-state index is 8.94. The zero-order chi connectivity index (χ0) is 6.69. The first-order valence-electron chi connectivity index (χ1n) is 3.05. The van der Waals surface area contributed by atoms with E-state index in [9.17, 15) is 0 Å². The van der Waals surface area contributed by atoms with Crippen LogP contribution < -0.4 is 0 Å². The summed E-state index contributed by atoms with van der Waals surface area (Å²) in [5.74, 6) is 0.356. The highest BCUT2D eigenvalue weighted by atomic mass is 16.3. The summed E-state index contributed by atoms with van der Waals surface area (Å²) in [5, 5.41) is 8.94. The van der Waals surface area contributed by atoms with Crippen LogP contribution in [0, 0.1) is 0 Å². The largest absolute Gasteiger partial charge is 0.508 e. The van der Waals surface area contributed by atoms with E-state index in [1.165, 1.54) is 5.57 Å². The highest BCUT2D eigenvalue weighted by Gasteiger charge is 1.96. The van der Waals surface area contributed by atoms with Gasteiger partial charge in [0.15, 0.2) is 0 Å². The quantitative estimate of drug-likeness (QED) is 0.522. The van der Waals surface area contributed by atoms with Crippen LogP contribution in [0.4, 0.5) is 0 Å². The Kier molecular flexibility index (Phi) is 1.73. The normalized spacial score (nSPS) is 22.3. The van der Waals surface area contributed by atoms with Crippen LogP contribution in [0.25, 0.3) is 0 Å². The van der Waals surface area contributed by atoms with Crippen LogP contribution in [-0.4, -0.2) is 5.11 Å². The van der Waals surface area contributed by atoms with Gasteiger partial charge >= 0.3 is 0 Å². The zero-order valence-electron chi connectivity index (χ0n) is 5.46. The average Bonchev–Trinajstić information content (AvgIpc) is 1.88. The van der Waals surface area contributed by atoms with Crippen molar-refractivity contribution in [1.82, 2.24) is 0 Å². The Balaban J connectivity index is 2.78. The first-order valence-corrected chi connectivity index (χ1v) is 3.05. The van der Waals surface area contributed by atoms with Crippen molar-refractivity contribution >= 4 is 0 Å². The van der Waals surface area contributed by atoms with Gasteiger partial charge in [-0.3, -0.25) is 0 Å². The molecule has 1 aliphatic carbocycles. The number of aliphatic hydroxyl groups is 1. The molecule has 1 N–H and O–H groups in total. The molecule has 0 unspecified atom stereocenters. The topological polar surface area (TPSA) is 20.2 Å². The molecule has 0 aromatic heterocycles. The molecule has 0 amide bonds. The molecule has 0 aromatic carbocycles. The Morgan fingerprint density at radius 1 is 1.67 bits per heavy atom. The molecule has 0 atom stereocenters. The highest BCUT2D eigenvalue weighted by molar-refractivity contribution is 5.32. The summed E-state index contributed by atoms with van der Waals surface area (Å²) < 4.78 is 0. The molecule has 1 rings (SSSR count). The lowest BCUT2D eigenvalue weighted by molar-refractivity contribution is 0.430. The van der Waals surface area contributed by atoms with E-state index in [2.05, 4.69) is 0 Å². The molecule has 0 aromatic rings. The van der Waals surface area contributed by atoms with Crippen molar-refractivity contribution in [1.29, 1.82) is 0 Å². The van der Waals surface area contributed by atoms with Crippen molar-refractivity contribution in [3.63, 3.8) is 0 Å². The van der Waals surface area contributed by atoms with Crippen molar-refractivity contribution in [3.8, 4) is 0 Å². The van der Waals surface area contributed by atoms with Crippen molar-refractivity contribution in [2.24, 2.45) is 0 Å². The molecule has 1 heteroatoms. The van der Waals surface area contributed by atoms with Crippen molar-refractivity contribution in [2.45, 2.75) is 13.3 Å². The van der Waals surface area contributed by atoms with Gasteiger partial charge in [0.25, 0.3) is 0 Å². The van der Waals surface area contributed by atoms with E-state index in [0.29, 0.717) is 5.76 Å². The molecule has 0 aliphatic heterocycles. The molecule has 0 bridgehead atoms. The standard InChI is InChI=1S/C8H10O/c1-2-7-4-3-5-8(9)6-7/h2-3,5-6,9H,4H2,1H3/b7-2+. The van der Waals surface area contributed by atoms with Crippen LogP contribution in [0.3, 0.4) is 0 Å². The Hall–Kier alpha value is -0.980. The summed E-state index contributed by atoms with van der Waals surface area (Å²) in [7, 11) is 0. The molecule has 1 nitrogen and oxygen atoms in total. The number of allylic oxidation sites excluding steroid dienone is 5. The zero-order valence-corrected chi connectivity index (χ0v) is 5.46. The summed E-state index contributed by atoms with van der Waals surface area (Å²) >= 11 is 0. The molecule has 1 aliphatic rings. The summed E-state index contributed by atoms with van der Waals surface area (Å²) in [5.41, 5.74) is 1.18. The van der Waals surface area contributed by atoms with Crippen LogP contribution in [0.5, 0.6) is 0 Å². The van der Waals surface area contributed by atoms with Gasteiger partial charge in [-0.15, -0.1) is 0 Å². The van der Waals surface area contributed by atoms with E-state index in [4.69, 9.17) is 5.11 Å². The molecule has 0 heterocycles. The first-order chi connectivity index (χ1) is 4.33. The minimum atomic E-state index is 0.356. The smallest absolute Gasteiger partial charge is 0.115 e. The lowest BCUT2D eigenvalue weighted by atomic mass is 10.1. The third kappa shape index (κ3) is 1.46. The third-order valence-electron chi connectivity index (χ3n) is 1.35. The Labute approximate surface area is 55.0 Å². The van der Waals surface area contributed by atoms with Crippen molar-refractivity contribution in [2.75, 3.05) is 0 Å². The third-order valence-corrected chi connectivity index (χ3v) is 1.35. The fourth-order valence-corrected chi connectivity index (χ4v) is 0.814. The Bertz CT molecular complexity index is 185. The molecule has 0 spiro atoms. The van der Waals surface area contributed by atoms with Crippen molar-refractivity contribution < 1.29 is 5.11 Å². The van der Waals surface area contributed by atoms with Gasteiger partial charge in [0, 0.05) is 0 Å². The average molecular weight is 122 g/mol. The molecular weight excluding hydrogens is 112 g/mol. The van der Waals surface area contributed by atoms with Crippen LogP contribution in [0.2, 0.25) is 0 Å². The number of aliphatic hydroxyl groups excluding tert-OH is 1. The van der Waals surface area contributed by atoms with E-state index in [-0.39, 0.29) is 0 Å². The molecule has 9 heavy (non-hydrogen) atoms. The van der Waals surface area contributed by atoms with Crippen molar-refractivity contribution in [3.05, 3.63) is 35.6 Å². The van der Waals surface area contributed by atoms with Gasteiger partial charge in [-0.2, -0.15) is 0 Å². The van der Waals surface area contributed by atoms with Crippen LogP contribution in [0.15, 0.2) is 35.6 Å². The predicted molar refractivity (Wildman–Crippen MR) is 38.2 cm³/mol. The summed E-state index contributed by atoms with van der Waals surface area (Å²) in [6.45, 7) is 1.97. The van der Waals surface area contributed by atoms with Gasteiger partial charge in [-0.1, -0.05) is 12.2 Å². The summed E-state index contributed by atoms with van der Waals surface area (Å²) in [6.07, 6.45) is 8.39. The van der Waals surface area contributed by atoms with Crippen LogP contribution in [0.1, 0.15) is 13.3 Å². The second kappa shape index (κ2) is 2.53. The number of hydrogen-bond acceptors (Lipinski definition) is 1. The lowest BCUT2D eigenvalue weighted by Gasteiger charge is -2.01. The monoisotopic (exact) mass is 122 g/mol. The maximum absolute atomic E-state index is 8.94. The molecular formula is C8H10O. The fraction of sp³-hybridized carbons (Fsp3) is 0.250. The van der Waals surface area contributed by atoms with E-state index in [1.807, 2.05) is 19.1 Å². The second-order valence-electron chi connectivity index (χ2n) is 2.04. The first kappa shape index (κ1) is 6.14. The second-order valence-corrected chi connectivity index (χ2v) is 2.04. The summed E-state index contributed by atoms with van der Waals surface area (Å²) in [6, 6.07) is 0. The van der Waals surface area contributed by atoms with Gasteiger partial charge in [-0.25, -0.2) is 0 Å². The molecule has 48 valence electrons. The molecule has 0 saturated carbocycles. The van der Waals surface area contributed by atoms with Gasteiger partial charge in [0.1, 0.15) is 5.76 Å². The minimum absolute atomic E-state index is 0.356. The van der Waals surface area contributed by atoms with Gasteiger partial charge < -0.3 is 5.11 Å². The summed E-state index contributed by atoms with van der Waals surface area (Å²) in [4.78, 5) is 0. The SMILES string of the molecule is C/C=C1/C=C(O)C=CC1. The van der Waals surface area contributed by atoms with E-state index < -0.39 is 0 Å². The van der Waals surface area contributed by atoms with E-state index in [0.717, 1.165) is 6.42 Å². The number of hydrogen-bond donors (Lipinski definition) is 1. The Morgan fingerprint density at radius 2 is 2.44 bits per heavy atom. The van der Waals surface area contributed by atoms with Gasteiger partial charge in [0.05, 0.1) is 0 Å². The fourth-order valence-electron chi connectivity index (χ4n) is 0.814. The minimum Gasteiger partial charge on any atom is -0.508 e. The lowest BCUT2D eigenvalue weighted by Crippen LogP contribution is -1.85. The highest BCUT2D eigenvalue weighted by Crippen LogP contribution is 2.12. The molecule has 0 radical (unpaired) electrons. The van der Waals surface area contributed by atoms with Crippen LogP contribution in [-0.2, 0) is 0 Å². The van der Waals surface area contributed by atoms with E-state index in [1.54, 1.807) is 12.2 Å². The van der Waals surface area contributed by atoms with E-state index >= 15 is 0 Å². The molecule has 0 saturated heterocycles. The predicted octanol–water partition coefficient (Wildman–Crippen LogP) is 2.33. The van der Waals surface area contributed by atoms with Gasteiger partial charge in [-0.05, 0) is 31.1 Å². The maximum Gasteiger partial charge on any atom is 0.115 e.